The summed E-state index contributed by atoms with van der Waals surface area (Å²) in [6, 6.07) is 0.260. The van der Waals surface area contributed by atoms with Gasteiger partial charge in [-0.1, -0.05) is 13.8 Å². The van der Waals surface area contributed by atoms with Gasteiger partial charge in [-0.05, 0) is 39.2 Å². The van der Waals surface area contributed by atoms with Crippen molar-refractivity contribution in [3.8, 4) is 0 Å². The lowest BCUT2D eigenvalue weighted by molar-refractivity contribution is -0.141. The van der Waals surface area contributed by atoms with Crippen molar-refractivity contribution < 1.29 is 14.7 Å². The molecule has 0 saturated carbocycles. The lowest BCUT2D eigenvalue weighted by atomic mass is 10.00. The Morgan fingerprint density at radius 3 is 2.60 bits per heavy atom. The number of carboxylic acids is 1. The first-order valence-electron chi connectivity index (χ1n) is 7.74. The van der Waals surface area contributed by atoms with Gasteiger partial charge in [-0.2, -0.15) is 0 Å². The summed E-state index contributed by atoms with van der Waals surface area (Å²) >= 11 is 0. The number of hydrogen-bond acceptors (Lipinski definition) is 3. The van der Waals surface area contributed by atoms with Crippen molar-refractivity contribution in [2.45, 2.75) is 65.0 Å². The van der Waals surface area contributed by atoms with Gasteiger partial charge < -0.3 is 10.0 Å². The Morgan fingerprint density at radius 1 is 1.35 bits per heavy atom. The quantitative estimate of drug-likeness (QED) is 0.776. The van der Waals surface area contributed by atoms with E-state index in [1.54, 1.807) is 0 Å². The van der Waals surface area contributed by atoms with E-state index in [9.17, 15) is 9.59 Å². The van der Waals surface area contributed by atoms with Crippen molar-refractivity contribution in [3.63, 3.8) is 0 Å². The van der Waals surface area contributed by atoms with Crippen LogP contribution in [-0.2, 0) is 9.59 Å². The smallest absolute Gasteiger partial charge is 0.304 e. The van der Waals surface area contributed by atoms with Gasteiger partial charge in [-0.25, -0.2) is 0 Å². The molecule has 0 aliphatic carbocycles. The van der Waals surface area contributed by atoms with Crippen molar-refractivity contribution >= 4 is 11.9 Å². The molecule has 1 heterocycles. The summed E-state index contributed by atoms with van der Waals surface area (Å²) in [5.41, 5.74) is 0. The molecule has 0 aromatic rings. The van der Waals surface area contributed by atoms with E-state index in [-0.39, 0.29) is 18.4 Å². The van der Waals surface area contributed by atoms with Crippen LogP contribution in [0.2, 0.25) is 0 Å². The molecule has 5 heteroatoms. The van der Waals surface area contributed by atoms with Gasteiger partial charge in [0.25, 0.3) is 0 Å². The average Bonchev–Trinajstić information content (AvgIpc) is 2.43. The van der Waals surface area contributed by atoms with Crippen LogP contribution >= 0.6 is 0 Å². The summed E-state index contributed by atoms with van der Waals surface area (Å²) in [6.45, 7) is 7.85. The molecule has 20 heavy (non-hydrogen) atoms. The van der Waals surface area contributed by atoms with E-state index < -0.39 is 5.97 Å². The maximum atomic E-state index is 12.5. The molecule has 2 atom stereocenters. The fraction of sp³-hybridized carbons (Fsp3) is 0.867. The first-order chi connectivity index (χ1) is 9.49. The summed E-state index contributed by atoms with van der Waals surface area (Å²) in [4.78, 5) is 27.2. The second-order valence-corrected chi connectivity index (χ2v) is 5.65. The lowest BCUT2D eigenvalue weighted by Gasteiger charge is -2.37. The van der Waals surface area contributed by atoms with E-state index >= 15 is 0 Å². The van der Waals surface area contributed by atoms with Gasteiger partial charge in [0.2, 0.25) is 5.91 Å². The van der Waals surface area contributed by atoms with Gasteiger partial charge in [0.05, 0.1) is 13.0 Å². The molecule has 1 rings (SSSR count). The number of hydrogen-bond donors (Lipinski definition) is 1. The SMILES string of the molecule is CCC1CCCCN1C(=O)CN(CC)C(C)CC(=O)O. The Kier molecular flexibility index (Phi) is 6.99. The van der Waals surface area contributed by atoms with Crippen molar-refractivity contribution in [1.82, 2.24) is 9.80 Å². The first kappa shape index (κ1) is 17.0. The third-order valence-corrected chi connectivity index (χ3v) is 4.26. The molecular formula is C15H28N2O3. The number of carboxylic acid groups (broad SMARTS) is 1. The third kappa shape index (κ3) is 4.78. The zero-order valence-electron chi connectivity index (χ0n) is 13.0. The molecule has 1 amide bonds. The van der Waals surface area contributed by atoms with Crippen LogP contribution in [0, 0.1) is 0 Å². The normalized spacial score (nSPS) is 21.0. The second-order valence-electron chi connectivity index (χ2n) is 5.65. The van der Waals surface area contributed by atoms with E-state index in [1.165, 1.54) is 6.42 Å². The van der Waals surface area contributed by atoms with Crippen LogP contribution in [0.3, 0.4) is 0 Å². The maximum absolute atomic E-state index is 12.5. The highest BCUT2D eigenvalue weighted by atomic mass is 16.4. The molecule has 1 aliphatic heterocycles. The van der Waals surface area contributed by atoms with E-state index in [0.717, 1.165) is 25.8 Å². The van der Waals surface area contributed by atoms with E-state index in [2.05, 4.69) is 6.92 Å². The van der Waals surface area contributed by atoms with Crippen LogP contribution in [0.5, 0.6) is 0 Å². The van der Waals surface area contributed by atoms with Crippen molar-refractivity contribution in [2.24, 2.45) is 0 Å². The molecule has 0 radical (unpaired) electrons. The van der Waals surface area contributed by atoms with Crippen molar-refractivity contribution in [1.29, 1.82) is 0 Å². The molecule has 2 unspecified atom stereocenters. The summed E-state index contributed by atoms with van der Waals surface area (Å²) in [7, 11) is 0. The van der Waals surface area contributed by atoms with Gasteiger partial charge in [-0.15, -0.1) is 0 Å². The number of carbonyl (C=O) groups is 2. The van der Waals surface area contributed by atoms with Crippen LogP contribution in [0.25, 0.3) is 0 Å². The fourth-order valence-electron chi connectivity index (χ4n) is 2.98. The Balaban J connectivity index is 2.59. The number of nitrogens with zero attached hydrogens (tertiary/aromatic N) is 2. The molecule has 0 aromatic carbocycles. The predicted octanol–water partition coefficient (Wildman–Crippen LogP) is 1.96. The molecule has 0 spiro atoms. The maximum Gasteiger partial charge on any atom is 0.304 e. The zero-order valence-corrected chi connectivity index (χ0v) is 13.0. The molecule has 0 aromatic heterocycles. The molecule has 116 valence electrons. The fourth-order valence-corrected chi connectivity index (χ4v) is 2.98. The molecular weight excluding hydrogens is 256 g/mol. The predicted molar refractivity (Wildman–Crippen MR) is 78.6 cm³/mol. The number of rotatable bonds is 7. The number of likely N-dealkylation sites (tertiary alicyclic amines) is 1. The monoisotopic (exact) mass is 284 g/mol. The molecule has 5 nitrogen and oxygen atoms in total. The van der Waals surface area contributed by atoms with Gasteiger partial charge >= 0.3 is 5.97 Å². The Labute approximate surface area is 121 Å². The Bertz CT molecular complexity index is 333. The minimum absolute atomic E-state index is 0.0817. The summed E-state index contributed by atoms with van der Waals surface area (Å²) < 4.78 is 0. The van der Waals surface area contributed by atoms with Crippen LogP contribution in [0.4, 0.5) is 0 Å². The van der Waals surface area contributed by atoms with Gasteiger partial charge in [0.15, 0.2) is 0 Å². The van der Waals surface area contributed by atoms with Gasteiger partial charge in [0, 0.05) is 18.6 Å². The number of piperidine rings is 1. The Morgan fingerprint density at radius 2 is 2.05 bits per heavy atom. The van der Waals surface area contributed by atoms with E-state index in [4.69, 9.17) is 5.11 Å². The van der Waals surface area contributed by atoms with Crippen LogP contribution in [-0.4, -0.2) is 58.5 Å². The van der Waals surface area contributed by atoms with Crippen molar-refractivity contribution in [2.75, 3.05) is 19.6 Å². The molecule has 1 fully saturated rings. The van der Waals surface area contributed by atoms with E-state index in [1.807, 2.05) is 23.6 Å². The van der Waals surface area contributed by atoms with Crippen LogP contribution in [0.1, 0.15) is 52.9 Å². The van der Waals surface area contributed by atoms with Gasteiger partial charge in [0.1, 0.15) is 0 Å². The van der Waals surface area contributed by atoms with Crippen LogP contribution < -0.4 is 0 Å². The summed E-state index contributed by atoms with van der Waals surface area (Å²) in [6.07, 6.45) is 4.47. The average molecular weight is 284 g/mol. The Hall–Kier alpha value is -1.10. The highest BCUT2D eigenvalue weighted by Gasteiger charge is 2.27. The zero-order chi connectivity index (χ0) is 15.1. The minimum atomic E-state index is -0.812. The number of carbonyl (C=O) groups excluding carboxylic acids is 1. The molecule has 1 saturated heterocycles. The molecule has 1 N–H and O–H groups in total. The number of likely N-dealkylation sites (N-methyl/N-ethyl adjacent to an activating group) is 1. The largest absolute Gasteiger partial charge is 0.481 e. The number of aliphatic carboxylic acids is 1. The summed E-state index contributed by atoms with van der Waals surface area (Å²) in [5, 5.41) is 8.87. The third-order valence-electron chi connectivity index (χ3n) is 4.26. The number of amides is 1. The molecule has 0 bridgehead atoms. The standard InChI is InChI=1S/C15H28N2O3/c1-4-13-8-6-7-9-17(13)14(18)11-16(5-2)12(3)10-15(19)20/h12-13H,4-11H2,1-3H3,(H,19,20). The lowest BCUT2D eigenvalue weighted by Crippen LogP contribution is -2.49. The van der Waals surface area contributed by atoms with Crippen molar-refractivity contribution in [3.05, 3.63) is 0 Å². The van der Waals surface area contributed by atoms with Gasteiger partial charge in [-0.3, -0.25) is 14.5 Å². The highest BCUT2D eigenvalue weighted by Crippen LogP contribution is 2.20. The first-order valence-corrected chi connectivity index (χ1v) is 7.74. The van der Waals surface area contributed by atoms with E-state index in [0.29, 0.717) is 19.1 Å². The minimum Gasteiger partial charge on any atom is -0.481 e. The topological polar surface area (TPSA) is 60.9 Å². The second kappa shape index (κ2) is 8.25. The highest BCUT2D eigenvalue weighted by molar-refractivity contribution is 5.79. The molecule has 1 aliphatic rings. The van der Waals surface area contributed by atoms with Crippen LogP contribution in [0.15, 0.2) is 0 Å². The summed E-state index contributed by atoms with van der Waals surface area (Å²) in [5.74, 6) is -0.663.